The molecule has 0 spiro atoms. The highest BCUT2D eigenvalue weighted by molar-refractivity contribution is 7.89. The zero-order valence-electron chi connectivity index (χ0n) is 23.5. The number of allylic oxidation sites excluding steroid dienone is 1. The summed E-state index contributed by atoms with van der Waals surface area (Å²) in [6.45, 7) is 7.51. The molecule has 2 aliphatic heterocycles. The Balaban J connectivity index is 1.73. The minimum atomic E-state index is -4.11. The van der Waals surface area contributed by atoms with Crippen molar-refractivity contribution in [3.63, 3.8) is 0 Å². The van der Waals surface area contributed by atoms with Crippen molar-refractivity contribution in [3.05, 3.63) is 65.7 Å². The Labute approximate surface area is 240 Å². The molecule has 2 aromatic carbocycles. The molecule has 0 aromatic heterocycles. The lowest BCUT2D eigenvalue weighted by Crippen LogP contribution is -2.64. The number of aliphatic imine (C=N–C) groups is 1. The van der Waals surface area contributed by atoms with Gasteiger partial charge in [-0.1, -0.05) is 45.0 Å². The van der Waals surface area contributed by atoms with E-state index in [-0.39, 0.29) is 34.9 Å². The van der Waals surface area contributed by atoms with Crippen molar-refractivity contribution in [2.24, 2.45) is 4.99 Å². The summed E-state index contributed by atoms with van der Waals surface area (Å²) in [5, 5.41) is 12.2. The highest BCUT2D eigenvalue weighted by atomic mass is 32.2. The van der Waals surface area contributed by atoms with Crippen LogP contribution in [0.5, 0.6) is 11.5 Å². The molecule has 1 saturated heterocycles. The molecule has 4 rings (SSSR count). The number of sulfonamides is 1. The third-order valence-corrected chi connectivity index (χ3v) is 7.87. The molecule has 13 heteroatoms. The van der Waals surface area contributed by atoms with Crippen LogP contribution in [-0.2, 0) is 29.7 Å². The average molecular weight is 589 g/mol. The number of carbonyl (C=O) groups is 1. The van der Waals surface area contributed by atoms with E-state index in [9.17, 15) is 18.3 Å². The molecule has 0 aliphatic carbocycles. The molecule has 1 unspecified atom stereocenters. The normalized spacial score (nSPS) is 19.9. The van der Waals surface area contributed by atoms with E-state index in [1.807, 2.05) is 20.8 Å². The van der Waals surface area contributed by atoms with Crippen molar-refractivity contribution in [1.29, 1.82) is 0 Å². The Kier molecular flexibility index (Phi) is 9.22. The van der Waals surface area contributed by atoms with Gasteiger partial charge in [0, 0.05) is 13.1 Å². The Hall–Kier alpha value is -3.65. The quantitative estimate of drug-likeness (QED) is 0.358. The number of carboxylic acid groups (broad SMARTS) is 1. The summed E-state index contributed by atoms with van der Waals surface area (Å²) in [4.78, 5) is 17.6. The van der Waals surface area contributed by atoms with Crippen LogP contribution in [0, 0.1) is 0 Å². The zero-order valence-corrected chi connectivity index (χ0v) is 24.4. The highest BCUT2D eigenvalue weighted by Crippen LogP contribution is 2.31. The molecule has 222 valence electrons. The van der Waals surface area contributed by atoms with Crippen LogP contribution in [0.25, 0.3) is 0 Å². The number of para-hydroxylation sites is 2. The van der Waals surface area contributed by atoms with Crippen LogP contribution in [0.4, 0.5) is 0 Å². The monoisotopic (exact) mass is 588 g/mol. The highest BCUT2D eigenvalue weighted by Gasteiger charge is 2.43. The number of ether oxygens (including phenoxy) is 4. The molecule has 0 saturated carbocycles. The van der Waals surface area contributed by atoms with Gasteiger partial charge in [-0.15, -0.1) is 0 Å². The minimum Gasteiger partial charge on any atom is -0.493 e. The number of morpholine rings is 1. The average Bonchev–Trinajstić information content (AvgIpc) is 2.94. The summed E-state index contributed by atoms with van der Waals surface area (Å²) in [6, 6.07) is 13.5. The number of aliphatic carboxylic acids is 1. The molecule has 3 N–H and O–H groups in total. The van der Waals surface area contributed by atoms with Crippen LogP contribution in [0.15, 0.2) is 70.0 Å². The SMILES string of the molecule is COc1ccccc1OC1=C(NS(=O)(=O)c2ccc(C(C)(C)C)cc2)NC(OCCC(=O)O)(N2CCOCC2)N=C1. The molecule has 1 fully saturated rings. The zero-order chi connectivity index (χ0) is 29.7. The third-order valence-electron chi connectivity index (χ3n) is 6.51. The van der Waals surface area contributed by atoms with Crippen molar-refractivity contribution in [1.82, 2.24) is 14.9 Å². The maximum Gasteiger partial charge on any atom is 0.305 e. The van der Waals surface area contributed by atoms with Crippen molar-refractivity contribution >= 4 is 22.2 Å². The molecular formula is C28H36N4O8S. The molecule has 2 aliphatic rings. The number of rotatable bonds is 11. The van der Waals surface area contributed by atoms with Crippen LogP contribution >= 0.6 is 0 Å². The lowest BCUT2D eigenvalue weighted by atomic mass is 9.87. The molecular weight excluding hydrogens is 552 g/mol. The van der Waals surface area contributed by atoms with Gasteiger partial charge in [0.25, 0.3) is 10.0 Å². The number of benzene rings is 2. The van der Waals surface area contributed by atoms with E-state index in [4.69, 9.17) is 18.9 Å². The third kappa shape index (κ3) is 7.36. The van der Waals surface area contributed by atoms with Crippen LogP contribution in [0.1, 0.15) is 32.8 Å². The predicted octanol–water partition coefficient (Wildman–Crippen LogP) is 2.63. The Bertz CT molecular complexity index is 1400. The first kappa shape index (κ1) is 30.3. The second kappa shape index (κ2) is 12.5. The van der Waals surface area contributed by atoms with Crippen molar-refractivity contribution < 1.29 is 37.3 Å². The maximum atomic E-state index is 13.6. The summed E-state index contributed by atoms with van der Waals surface area (Å²) in [5.74, 6) is -1.90. The first-order valence-corrected chi connectivity index (χ1v) is 14.6. The smallest absolute Gasteiger partial charge is 0.305 e. The minimum absolute atomic E-state index is 0.0442. The van der Waals surface area contributed by atoms with Gasteiger partial charge in [-0.25, -0.2) is 18.3 Å². The Morgan fingerprint density at radius 1 is 1.12 bits per heavy atom. The number of hydrogen-bond donors (Lipinski definition) is 3. The van der Waals surface area contributed by atoms with Gasteiger partial charge in [-0.2, -0.15) is 0 Å². The van der Waals surface area contributed by atoms with Gasteiger partial charge in [0.1, 0.15) is 0 Å². The van der Waals surface area contributed by atoms with E-state index < -0.39 is 22.0 Å². The molecule has 0 bridgehead atoms. The van der Waals surface area contributed by atoms with Crippen LogP contribution in [-0.4, -0.2) is 76.6 Å². The standard InChI is InChI=1S/C28H36N4O8S/c1-27(2,3)20-9-11-21(12-10-20)41(35,36)31-26-24(40-23-8-6-5-7-22(23)37-4)19-29-28(30-26,39-16-13-25(33)34)32-14-17-38-18-15-32/h5-12,19,30-31H,13-18H2,1-4H3,(H,33,34). The number of hydrogen-bond acceptors (Lipinski definition) is 10. The van der Waals surface area contributed by atoms with Gasteiger partial charge in [0.2, 0.25) is 0 Å². The van der Waals surface area contributed by atoms with Gasteiger partial charge >= 0.3 is 11.9 Å². The number of methoxy groups -OCH3 is 1. The molecule has 0 amide bonds. The van der Waals surface area contributed by atoms with E-state index in [0.29, 0.717) is 37.8 Å². The number of nitrogens with one attached hydrogen (secondary N) is 2. The largest absolute Gasteiger partial charge is 0.493 e. The molecule has 0 radical (unpaired) electrons. The van der Waals surface area contributed by atoms with Crippen LogP contribution in [0.3, 0.4) is 0 Å². The Morgan fingerprint density at radius 3 is 2.39 bits per heavy atom. The van der Waals surface area contributed by atoms with E-state index in [1.165, 1.54) is 13.3 Å². The maximum absolute atomic E-state index is 13.6. The predicted molar refractivity (Wildman–Crippen MR) is 151 cm³/mol. The summed E-state index contributed by atoms with van der Waals surface area (Å²) in [7, 11) is -2.62. The summed E-state index contributed by atoms with van der Waals surface area (Å²) in [5.41, 5.74) is 0.831. The number of nitrogens with zero attached hydrogens (tertiary/aromatic N) is 2. The summed E-state index contributed by atoms with van der Waals surface area (Å²) >= 11 is 0. The van der Waals surface area contributed by atoms with Crippen LogP contribution in [0.2, 0.25) is 0 Å². The first-order chi connectivity index (χ1) is 19.4. The molecule has 12 nitrogen and oxygen atoms in total. The summed E-state index contributed by atoms with van der Waals surface area (Å²) < 4.78 is 52.8. The Morgan fingerprint density at radius 2 is 1.78 bits per heavy atom. The second-order valence-electron chi connectivity index (χ2n) is 10.5. The fourth-order valence-corrected chi connectivity index (χ4v) is 5.27. The fourth-order valence-electron chi connectivity index (χ4n) is 4.24. The van der Waals surface area contributed by atoms with E-state index in [2.05, 4.69) is 15.0 Å². The molecule has 41 heavy (non-hydrogen) atoms. The van der Waals surface area contributed by atoms with Gasteiger partial charge in [0.05, 0.1) is 44.5 Å². The van der Waals surface area contributed by atoms with Gasteiger partial charge < -0.3 is 29.4 Å². The molecule has 2 heterocycles. The lowest BCUT2D eigenvalue weighted by molar-refractivity contribution is -0.191. The molecule has 2 aromatic rings. The molecule has 1 atom stereocenters. The van der Waals surface area contributed by atoms with E-state index >= 15 is 0 Å². The second-order valence-corrected chi connectivity index (χ2v) is 12.1. The van der Waals surface area contributed by atoms with E-state index in [1.54, 1.807) is 53.4 Å². The topological polar surface area (TPSA) is 148 Å². The van der Waals surface area contributed by atoms with Gasteiger partial charge in [-0.05, 0) is 35.2 Å². The van der Waals surface area contributed by atoms with Crippen LogP contribution < -0.4 is 19.5 Å². The summed E-state index contributed by atoms with van der Waals surface area (Å²) in [6.07, 6.45) is 1.07. The van der Waals surface area contributed by atoms with E-state index in [0.717, 1.165) is 5.56 Å². The number of carboxylic acids is 1. The van der Waals surface area contributed by atoms with Crippen molar-refractivity contribution in [3.8, 4) is 11.5 Å². The van der Waals surface area contributed by atoms with Gasteiger partial charge in [0.15, 0.2) is 23.1 Å². The fraction of sp³-hybridized carbons (Fsp3) is 0.429. The van der Waals surface area contributed by atoms with Crippen molar-refractivity contribution in [2.75, 3.05) is 40.0 Å². The first-order valence-electron chi connectivity index (χ1n) is 13.1. The lowest BCUT2D eigenvalue weighted by Gasteiger charge is -2.44. The van der Waals surface area contributed by atoms with Crippen molar-refractivity contribution in [2.45, 2.75) is 43.5 Å². The van der Waals surface area contributed by atoms with Gasteiger partial charge in [-0.3, -0.25) is 9.52 Å².